The lowest BCUT2D eigenvalue weighted by Crippen LogP contribution is -2.09. The van der Waals surface area contributed by atoms with Crippen LogP contribution in [0.3, 0.4) is 0 Å². The number of amides is 1. The van der Waals surface area contributed by atoms with Crippen molar-refractivity contribution in [3.63, 3.8) is 0 Å². The molecule has 3 nitrogen and oxygen atoms in total. The lowest BCUT2D eigenvalue weighted by Gasteiger charge is -2.05. The fourth-order valence-corrected chi connectivity index (χ4v) is 1.67. The zero-order valence-corrected chi connectivity index (χ0v) is 10.1. The fourth-order valence-electron chi connectivity index (χ4n) is 1.67. The van der Waals surface area contributed by atoms with Crippen LogP contribution in [0.5, 0.6) is 0 Å². The first-order valence-electron chi connectivity index (χ1n) is 5.72. The van der Waals surface area contributed by atoms with Gasteiger partial charge in [0, 0.05) is 5.69 Å². The topological polar surface area (TPSA) is 52.9 Å². The molecule has 0 radical (unpaired) electrons. The Morgan fingerprint density at radius 1 is 1.05 bits per heavy atom. The molecule has 0 bridgehead atoms. The smallest absolute Gasteiger partial charge is 0.238 e. The van der Waals surface area contributed by atoms with Gasteiger partial charge < -0.3 is 5.32 Å². The van der Waals surface area contributed by atoms with Crippen molar-refractivity contribution in [2.45, 2.75) is 6.42 Å². The van der Waals surface area contributed by atoms with Crippen molar-refractivity contribution in [3.8, 4) is 17.2 Å². The van der Waals surface area contributed by atoms with Crippen LogP contribution in [0.4, 0.5) is 10.1 Å². The summed E-state index contributed by atoms with van der Waals surface area (Å²) >= 11 is 0. The summed E-state index contributed by atoms with van der Waals surface area (Å²) in [5.74, 6) is -0.610. The van der Waals surface area contributed by atoms with Crippen molar-refractivity contribution in [3.05, 3.63) is 54.3 Å². The molecular weight excluding hydrogens is 243 g/mol. The number of nitrogens with zero attached hydrogens (tertiary/aromatic N) is 1. The second-order valence-corrected chi connectivity index (χ2v) is 3.97. The van der Waals surface area contributed by atoms with E-state index in [0.29, 0.717) is 5.69 Å². The highest BCUT2D eigenvalue weighted by atomic mass is 19.1. The van der Waals surface area contributed by atoms with E-state index in [1.54, 1.807) is 30.3 Å². The van der Waals surface area contributed by atoms with Gasteiger partial charge >= 0.3 is 0 Å². The van der Waals surface area contributed by atoms with Gasteiger partial charge in [0.05, 0.1) is 6.07 Å². The number of rotatable bonds is 3. The number of anilines is 1. The van der Waals surface area contributed by atoms with E-state index < -0.39 is 0 Å². The molecule has 2 aromatic carbocycles. The van der Waals surface area contributed by atoms with Crippen LogP contribution in [0.2, 0.25) is 0 Å². The Bertz CT molecular complexity index is 612. The molecule has 2 aromatic rings. The average Bonchev–Trinajstić information content (AvgIpc) is 2.41. The van der Waals surface area contributed by atoms with E-state index in [9.17, 15) is 9.18 Å². The lowest BCUT2D eigenvalue weighted by molar-refractivity contribution is -0.115. The second kappa shape index (κ2) is 5.78. The van der Waals surface area contributed by atoms with Crippen LogP contribution >= 0.6 is 0 Å². The van der Waals surface area contributed by atoms with Gasteiger partial charge in [-0.25, -0.2) is 4.39 Å². The van der Waals surface area contributed by atoms with Crippen molar-refractivity contribution in [2.75, 3.05) is 5.32 Å². The Kier molecular flexibility index (Phi) is 3.89. The molecule has 0 saturated heterocycles. The largest absolute Gasteiger partial charge is 0.325 e. The molecule has 0 heterocycles. The summed E-state index contributed by atoms with van der Waals surface area (Å²) in [6.07, 6.45) is -0.167. The van der Waals surface area contributed by atoms with E-state index >= 15 is 0 Å². The molecule has 94 valence electrons. The minimum Gasteiger partial charge on any atom is -0.325 e. The number of carbonyl (C=O) groups excluding carboxylic acids is 1. The minimum atomic E-state index is -0.336. The molecule has 4 heteroatoms. The second-order valence-electron chi connectivity index (χ2n) is 3.97. The maximum atomic E-state index is 12.8. The molecule has 1 N–H and O–H groups in total. The Morgan fingerprint density at radius 3 is 2.11 bits per heavy atom. The van der Waals surface area contributed by atoms with Gasteiger partial charge in [0.2, 0.25) is 5.91 Å². The van der Waals surface area contributed by atoms with Crippen LogP contribution in [0.15, 0.2) is 48.5 Å². The van der Waals surface area contributed by atoms with Gasteiger partial charge in [-0.15, -0.1) is 0 Å². The SMILES string of the molecule is N#CCC(=O)Nc1ccc(-c2ccc(F)cc2)cc1. The predicted octanol–water partition coefficient (Wildman–Crippen LogP) is 3.34. The number of hydrogen-bond acceptors (Lipinski definition) is 2. The van der Waals surface area contributed by atoms with Crippen LogP contribution in [-0.2, 0) is 4.79 Å². The number of nitrogens with one attached hydrogen (secondary N) is 1. The third-order valence-electron chi connectivity index (χ3n) is 2.59. The quantitative estimate of drug-likeness (QED) is 0.913. The third-order valence-corrected chi connectivity index (χ3v) is 2.59. The van der Waals surface area contributed by atoms with Gasteiger partial charge in [-0.1, -0.05) is 24.3 Å². The van der Waals surface area contributed by atoms with Crippen molar-refractivity contribution in [1.82, 2.24) is 0 Å². The summed E-state index contributed by atoms with van der Waals surface area (Å²) in [5, 5.41) is 11.0. The Hall–Kier alpha value is -2.67. The Balaban J connectivity index is 2.12. The molecule has 0 aromatic heterocycles. The number of halogens is 1. The van der Waals surface area contributed by atoms with Gasteiger partial charge in [0.25, 0.3) is 0 Å². The van der Waals surface area contributed by atoms with Crippen LogP contribution in [0, 0.1) is 17.1 Å². The molecule has 0 aliphatic heterocycles. The van der Waals surface area contributed by atoms with Gasteiger partial charge in [0.1, 0.15) is 12.2 Å². The van der Waals surface area contributed by atoms with Crippen molar-refractivity contribution in [1.29, 1.82) is 5.26 Å². The third kappa shape index (κ3) is 3.39. The van der Waals surface area contributed by atoms with Gasteiger partial charge in [-0.3, -0.25) is 4.79 Å². The van der Waals surface area contributed by atoms with Gasteiger partial charge in [-0.2, -0.15) is 5.26 Å². The van der Waals surface area contributed by atoms with Crippen molar-refractivity contribution < 1.29 is 9.18 Å². The Morgan fingerprint density at radius 2 is 1.58 bits per heavy atom. The minimum absolute atomic E-state index is 0.167. The fraction of sp³-hybridized carbons (Fsp3) is 0.0667. The number of hydrogen-bond donors (Lipinski definition) is 1. The molecule has 0 spiro atoms. The van der Waals surface area contributed by atoms with E-state index in [1.807, 2.05) is 12.1 Å². The lowest BCUT2D eigenvalue weighted by atomic mass is 10.1. The molecule has 0 fully saturated rings. The zero-order chi connectivity index (χ0) is 13.7. The van der Waals surface area contributed by atoms with E-state index in [0.717, 1.165) is 11.1 Å². The molecule has 0 unspecified atom stereocenters. The van der Waals surface area contributed by atoms with Crippen molar-refractivity contribution >= 4 is 11.6 Å². The standard InChI is InChI=1S/C15H11FN2O/c16-13-5-1-11(2-6-13)12-3-7-14(8-4-12)18-15(19)9-10-17/h1-8H,9H2,(H,18,19). The summed E-state index contributed by atoms with van der Waals surface area (Å²) in [7, 11) is 0. The summed E-state index contributed by atoms with van der Waals surface area (Å²) in [4.78, 5) is 11.2. The monoisotopic (exact) mass is 254 g/mol. The first-order valence-corrected chi connectivity index (χ1v) is 5.72. The normalized spacial score (nSPS) is 9.68. The van der Waals surface area contributed by atoms with E-state index in [-0.39, 0.29) is 18.1 Å². The molecule has 1 amide bonds. The van der Waals surface area contributed by atoms with E-state index in [2.05, 4.69) is 5.32 Å². The van der Waals surface area contributed by atoms with Crippen LogP contribution in [0.1, 0.15) is 6.42 Å². The van der Waals surface area contributed by atoms with Crippen molar-refractivity contribution in [2.24, 2.45) is 0 Å². The molecule has 0 aliphatic carbocycles. The maximum Gasteiger partial charge on any atom is 0.238 e. The van der Waals surface area contributed by atoms with Crippen LogP contribution in [0.25, 0.3) is 11.1 Å². The van der Waals surface area contributed by atoms with Gasteiger partial charge in [0.15, 0.2) is 0 Å². The Labute approximate surface area is 110 Å². The molecule has 2 rings (SSSR count). The highest BCUT2D eigenvalue weighted by Crippen LogP contribution is 2.21. The zero-order valence-electron chi connectivity index (χ0n) is 10.1. The van der Waals surface area contributed by atoms with E-state index in [1.165, 1.54) is 12.1 Å². The van der Waals surface area contributed by atoms with E-state index in [4.69, 9.17) is 5.26 Å². The number of benzene rings is 2. The van der Waals surface area contributed by atoms with Crippen LogP contribution in [-0.4, -0.2) is 5.91 Å². The first kappa shape index (κ1) is 12.8. The summed E-state index contributed by atoms with van der Waals surface area (Å²) in [6.45, 7) is 0. The summed E-state index contributed by atoms with van der Waals surface area (Å²) in [5.41, 5.74) is 2.46. The number of carbonyl (C=O) groups is 1. The first-order chi connectivity index (χ1) is 9.19. The molecule has 0 aliphatic rings. The molecule has 0 atom stereocenters. The molecule has 0 saturated carbocycles. The summed E-state index contributed by atoms with van der Waals surface area (Å²) < 4.78 is 12.8. The molecule has 19 heavy (non-hydrogen) atoms. The highest BCUT2D eigenvalue weighted by Gasteiger charge is 2.02. The molecular formula is C15H11FN2O. The van der Waals surface area contributed by atoms with Crippen LogP contribution < -0.4 is 5.32 Å². The maximum absolute atomic E-state index is 12.8. The number of nitriles is 1. The summed E-state index contributed by atoms with van der Waals surface area (Å²) in [6, 6.07) is 15.1. The highest BCUT2D eigenvalue weighted by molar-refractivity contribution is 5.92. The predicted molar refractivity (Wildman–Crippen MR) is 70.7 cm³/mol. The average molecular weight is 254 g/mol. The van der Waals surface area contributed by atoms with Gasteiger partial charge in [-0.05, 0) is 35.4 Å².